The molecule has 12 rings (SSSR count). The maximum atomic E-state index is 5.45. The molecule has 0 saturated heterocycles. The van der Waals surface area contributed by atoms with Crippen molar-refractivity contribution in [1.82, 2.24) is 9.97 Å². The topological polar surface area (TPSA) is 25.8 Å². The lowest BCUT2D eigenvalue weighted by atomic mass is 9.74. The molecule has 0 radical (unpaired) electrons. The van der Waals surface area contributed by atoms with Crippen LogP contribution < -0.4 is 0 Å². The van der Waals surface area contributed by atoms with Gasteiger partial charge in [0.1, 0.15) is 0 Å². The second-order valence-corrected chi connectivity index (χ2v) is 17.5. The molecule has 0 aliphatic heterocycles. The predicted octanol–water partition coefficient (Wildman–Crippen LogP) is 15.1. The molecule has 0 fully saturated rings. The Morgan fingerprint density at radius 3 is 1.62 bits per heavy atom. The lowest BCUT2D eigenvalue weighted by molar-refractivity contribution is 0.661. The average Bonchev–Trinajstić information content (AvgIpc) is 3.71. The zero-order valence-electron chi connectivity index (χ0n) is 34.4. The van der Waals surface area contributed by atoms with Gasteiger partial charge in [0, 0.05) is 27.5 Å². The maximum Gasteiger partial charge on any atom is 0.161 e. The first-order valence-corrected chi connectivity index (χ1v) is 21.3. The Balaban J connectivity index is 1.01. The highest BCUT2D eigenvalue weighted by molar-refractivity contribution is 6.05. The molecule has 61 heavy (non-hydrogen) atoms. The number of benzene rings is 9. The number of fused-ring (bicyclic) bond motifs is 8. The smallest absolute Gasteiger partial charge is 0.161 e. The van der Waals surface area contributed by atoms with Crippen LogP contribution in [0.2, 0.25) is 0 Å². The molecule has 0 N–H and O–H groups in total. The fourth-order valence-corrected chi connectivity index (χ4v) is 10.5. The van der Waals surface area contributed by atoms with E-state index in [0.29, 0.717) is 5.82 Å². The Bertz CT molecular complexity index is 3400. The van der Waals surface area contributed by atoms with Gasteiger partial charge in [0.05, 0.1) is 11.4 Å². The fraction of sp³-hybridized carbons (Fsp3) is 0.0847. The minimum absolute atomic E-state index is 0.124. The van der Waals surface area contributed by atoms with Gasteiger partial charge in [-0.15, -0.1) is 0 Å². The Morgan fingerprint density at radius 2 is 0.852 bits per heavy atom. The summed E-state index contributed by atoms with van der Waals surface area (Å²) >= 11 is 0. The van der Waals surface area contributed by atoms with E-state index in [9.17, 15) is 0 Å². The van der Waals surface area contributed by atoms with Crippen LogP contribution in [0.4, 0.5) is 0 Å². The standard InChI is InChI=1S/C59H42N2/c1-58(2)52-34-40(26-28-48(52)50-32-38-18-10-11-19-39(38)33-53(50)58)43-30-31-49(45-23-13-12-22-44(43)45)57-60-55(37-16-6-4-7-17-37)36-56(61-57)41-27-29-47-46-24-14-15-25-51(46)59(3,54(47)35-41)42-20-8-5-9-21-42/h4-36H,1-3H3. The van der Waals surface area contributed by atoms with Crippen molar-refractivity contribution in [2.75, 3.05) is 0 Å². The third-order valence-corrected chi connectivity index (χ3v) is 13.8. The molecule has 2 aliphatic carbocycles. The van der Waals surface area contributed by atoms with Gasteiger partial charge in [-0.1, -0.05) is 178 Å². The molecule has 2 nitrogen and oxygen atoms in total. The largest absolute Gasteiger partial charge is 0.228 e. The van der Waals surface area contributed by atoms with Crippen LogP contribution in [0, 0.1) is 0 Å². The van der Waals surface area contributed by atoms with Gasteiger partial charge in [-0.05, 0) is 126 Å². The van der Waals surface area contributed by atoms with Gasteiger partial charge in [-0.3, -0.25) is 0 Å². The van der Waals surface area contributed by atoms with Gasteiger partial charge < -0.3 is 0 Å². The van der Waals surface area contributed by atoms with E-state index in [1.807, 2.05) is 0 Å². The van der Waals surface area contributed by atoms with Crippen molar-refractivity contribution >= 4 is 21.5 Å². The highest BCUT2D eigenvalue weighted by atomic mass is 14.9. The lowest BCUT2D eigenvalue weighted by Crippen LogP contribution is -2.22. The van der Waals surface area contributed by atoms with Crippen LogP contribution in [-0.2, 0) is 10.8 Å². The van der Waals surface area contributed by atoms with E-state index in [1.54, 1.807) is 0 Å². The third kappa shape index (κ3) is 5.35. The minimum Gasteiger partial charge on any atom is -0.228 e. The first kappa shape index (κ1) is 35.5. The summed E-state index contributed by atoms with van der Waals surface area (Å²) in [5.41, 5.74) is 18.8. The van der Waals surface area contributed by atoms with Gasteiger partial charge in [0.2, 0.25) is 0 Å². The monoisotopic (exact) mass is 778 g/mol. The van der Waals surface area contributed by atoms with Crippen molar-refractivity contribution in [1.29, 1.82) is 0 Å². The molecule has 2 heteroatoms. The maximum absolute atomic E-state index is 5.45. The van der Waals surface area contributed by atoms with E-state index < -0.39 is 0 Å². The summed E-state index contributed by atoms with van der Waals surface area (Å²) in [5, 5.41) is 4.89. The van der Waals surface area contributed by atoms with Crippen LogP contribution in [-0.4, -0.2) is 9.97 Å². The van der Waals surface area contributed by atoms with Crippen LogP contribution in [0.1, 0.15) is 48.6 Å². The lowest BCUT2D eigenvalue weighted by Gasteiger charge is -2.28. The number of aromatic nitrogens is 2. The van der Waals surface area contributed by atoms with E-state index in [0.717, 1.165) is 33.5 Å². The van der Waals surface area contributed by atoms with E-state index in [4.69, 9.17) is 9.97 Å². The normalized spacial score (nSPS) is 15.7. The third-order valence-electron chi connectivity index (χ3n) is 13.8. The Labute approximate surface area is 356 Å². The highest BCUT2D eigenvalue weighted by Gasteiger charge is 2.41. The van der Waals surface area contributed by atoms with Crippen LogP contribution in [0.3, 0.4) is 0 Å². The van der Waals surface area contributed by atoms with Crippen molar-refractivity contribution in [2.24, 2.45) is 0 Å². The first-order chi connectivity index (χ1) is 29.9. The first-order valence-electron chi connectivity index (χ1n) is 21.3. The molecule has 1 unspecified atom stereocenters. The van der Waals surface area contributed by atoms with Gasteiger partial charge >= 0.3 is 0 Å². The van der Waals surface area contributed by atoms with Gasteiger partial charge in [-0.2, -0.15) is 0 Å². The van der Waals surface area contributed by atoms with Crippen molar-refractivity contribution in [3.05, 3.63) is 228 Å². The molecular weight excluding hydrogens is 737 g/mol. The zero-order chi connectivity index (χ0) is 40.9. The second-order valence-electron chi connectivity index (χ2n) is 17.5. The summed E-state index contributed by atoms with van der Waals surface area (Å²) in [6, 6.07) is 73.2. The van der Waals surface area contributed by atoms with Crippen molar-refractivity contribution < 1.29 is 0 Å². The van der Waals surface area contributed by atoms with Crippen molar-refractivity contribution in [2.45, 2.75) is 31.6 Å². The fourth-order valence-electron chi connectivity index (χ4n) is 10.5. The molecule has 10 aromatic rings. The molecule has 0 saturated carbocycles. The quantitative estimate of drug-likeness (QED) is 0.174. The molecule has 0 bridgehead atoms. The second kappa shape index (κ2) is 13.3. The molecule has 0 amide bonds. The van der Waals surface area contributed by atoms with Crippen molar-refractivity contribution in [3.8, 4) is 67.3 Å². The average molecular weight is 779 g/mol. The zero-order valence-corrected chi connectivity index (χ0v) is 34.4. The molecule has 1 aromatic heterocycles. The van der Waals surface area contributed by atoms with E-state index in [1.165, 1.54) is 77.4 Å². The number of hydrogen-bond acceptors (Lipinski definition) is 2. The van der Waals surface area contributed by atoms with Gasteiger partial charge in [0.25, 0.3) is 0 Å². The predicted molar refractivity (Wildman–Crippen MR) is 254 cm³/mol. The summed E-state index contributed by atoms with van der Waals surface area (Å²) in [4.78, 5) is 10.8. The molecule has 0 spiro atoms. The molecular formula is C59H42N2. The van der Waals surface area contributed by atoms with Crippen molar-refractivity contribution in [3.63, 3.8) is 0 Å². The molecule has 2 aliphatic rings. The van der Waals surface area contributed by atoms with E-state index in [2.05, 4.69) is 221 Å². The molecule has 1 atom stereocenters. The SMILES string of the molecule is CC1(C)c2cc(-c3ccc(-c4nc(-c5ccccc5)cc(-c5ccc6c(c5)C(C)(c5ccccc5)c5ccccc5-6)n4)c4ccccc34)ccc2-c2cc3ccccc3cc21. The Kier molecular flexibility index (Phi) is 7.74. The summed E-state index contributed by atoms with van der Waals surface area (Å²) < 4.78 is 0. The molecule has 9 aromatic carbocycles. The van der Waals surface area contributed by atoms with E-state index >= 15 is 0 Å². The Morgan fingerprint density at radius 1 is 0.328 bits per heavy atom. The van der Waals surface area contributed by atoms with E-state index in [-0.39, 0.29) is 10.8 Å². The van der Waals surface area contributed by atoms with Crippen LogP contribution in [0.5, 0.6) is 0 Å². The van der Waals surface area contributed by atoms with Gasteiger partial charge in [0.15, 0.2) is 5.82 Å². The summed E-state index contributed by atoms with van der Waals surface area (Å²) in [6.45, 7) is 7.11. The van der Waals surface area contributed by atoms with Crippen LogP contribution in [0.25, 0.3) is 88.8 Å². The summed E-state index contributed by atoms with van der Waals surface area (Å²) in [7, 11) is 0. The van der Waals surface area contributed by atoms with Crippen LogP contribution >= 0.6 is 0 Å². The van der Waals surface area contributed by atoms with Gasteiger partial charge in [-0.25, -0.2) is 9.97 Å². The minimum atomic E-state index is -0.309. The molecule has 1 heterocycles. The number of hydrogen-bond donors (Lipinski definition) is 0. The highest BCUT2D eigenvalue weighted by Crippen LogP contribution is 2.54. The molecule has 288 valence electrons. The number of nitrogens with zero attached hydrogens (tertiary/aromatic N) is 2. The summed E-state index contributed by atoms with van der Waals surface area (Å²) in [6.07, 6.45) is 0. The van der Waals surface area contributed by atoms with Crippen LogP contribution in [0.15, 0.2) is 200 Å². The summed E-state index contributed by atoms with van der Waals surface area (Å²) in [5.74, 6) is 0.714. The Hall–Kier alpha value is -7.42. The number of rotatable bonds is 5.